The lowest BCUT2D eigenvalue weighted by atomic mass is 10.0. The molecule has 1 aromatic rings. The highest BCUT2D eigenvalue weighted by atomic mass is 16.4. The number of rotatable bonds is 6. The van der Waals surface area contributed by atoms with Gasteiger partial charge >= 0.3 is 5.97 Å². The first-order valence-corrected chi connectivity index (χ1v) is 7.39. The zero-order chi connectivity index (χ0) is 14.4. The molecule has 5 nitrogen and oxygen atoms in total. The van der Waals surface area contributed by atoms with E-state index in [1.54, 1.807) is 12.1 Å². The minimum absolute atomic E-state index is 0.0828. The zero-order valence-corrected chi connectivity index (χ0v) is 12.0. The van der Waals surface area contributed by atoms with Gasteiger partial charge in [0.15, 0.2) is 5.69 Å². The van der Waals surface area contributed by atoms with Crippen LogP contribution in [0.3, 0.4) is 0 Å². The predicted molar refractivity (Wildman–Crippen MR) is 79.2 cm³/mol. The van der Waals surface area contributed by atoms with Gasteiger partial charge in [0.25, 0.3) is 0 Å². The number of hydrogen-bond donors (Lipinski definition) is 2. The maximum Gasteiger partial charge on any atom is 0.354 e. The van der Waals surface area contributed by atoms with Crippen LogP contribution in [0.2, 0.25) is 0 Å². The molecule has 0 saturated carbocycles. The monoisotopic (exact) mass is 277 g/mol. The molecular formula is C15H23N3O2. The molecule has 1 atom stereocenters. The van der Waals surface area contributed by atoms with Crippen LogP contribution in [0.1, 0.15) is 43.1 Å². The fraction of sp³-hybridized carbons (Fsp3) is 0.600. The van der Waals surface area contributed by atoms with Crippen molar-refractivity contribution >= 4 is 11.8 Å². The Morgan fingerprint density at radius 3 is 3.10 bits per heavy atom. The predicted octanol–water partition coefficient (Wildman–Crippen LogP) is 2.46. The normalized spacial score (nSPS) is 19.8. The van der Waals surface area contributed by atoms with Crippen LogP contribution < -0.4 is 5.32 Å². The number of pyridine rings is 1. The molecule has 2 heterocycles. The number of nitrogens with one attached hydrogen (secondary N) is 1. The van der Waals surface area contributed by atoms with Crippen LogP contribution in [0.15, 0.2) is 18.2 Å². The van der Waals surface area contributed by atoms with E-state index in [0.717, 1.165) is 13.1 Å². The number of hydrogen-bond acceptors (Lipinski definition) is 4. The second-order valence-electron chi connectivity index (χ2n) is 5.23. The van der Waals surface area contributed by atoms with Gasteiger partial charge in [0.05, 0.1) is 0 Å². The lowest BCUT2D eigenvalue weighted by Crippen LogP contribution is -2.41. The number of anilines is 1. The van der Waals surface area contributed by atoms with Gasteiger partial charge in [-0.05, 0) is 37.9 Å². The fourth-order valence-corrected chi connectivity index (χ4v) is 2.80. The highest BCUT2D eigenvalue weighted by Crippen LogP contribution is 2.18. The lowest BCUT2D eigenvalue weighted by molar-refractivity contribution is 0.0690. The molecule has 1 saturated heterocycles. The molecule has 1 fully saturated rings. The van der Waals surface area contributed by atoms with Crippen LogP contribution in [0.4, 0.5) is 5.82 Å². The number of likely N-dealkylation sites (tertiary alicyclic amines) is 1. The van der Waals surface area contributed by atoms with Gasteiger partial charge in [0, 0.05) is 19.1 Å². The molecule has 110 valence electrons. The maximum atomic E-state index is 10.9. The second kappa shape index (κ2) is 7.24. The summed E-state index contributed by atoms with van der Waals surface area (Å²) in [6.07, 6.45) is 5.11. The summed E-state index contributed by atoms with van der Waals surface area (Å²) in [4.78, 5) is 17.4. The van der Waals surface area contributed by atoms with Crippen molar-refractivity contribution in [3.63, 3.8) is 0 Å². The van der Waals surface area contributed by atoms with Gasteiger partial charge in [-0.2, -0.15) is 0 Å². The van der Waals surface area contributed by atoms with Crippen molar-refractivity contribution in [2.75, 3.05) is 25.0 Å². The van der Waals surface area contributed by atoms with Crippen LogP contribution in [0, 0.1) is 0 Å². The smallest absolute Gasteiger partial charge is 0.354 e. The molecular weight excluding hydrogens is 254 g/mol. The SMILES string of the molecule is CCC1CCCCN1CCNc1cccc(C(=O)O)n1. The first kappa shape index (κ1) is 14.8. The Morgan fingerprint density at radius 1 is 1.50 bits per heavy atom. The lowest BCUT2D eigenvalue weighted by Gasteiger charge is -2.35. The minimum atomic E-state index is -0.990. The van der Waals surface area contributed by atoms with Crippen LogP contribution in [-0.2, 0) is 0 Å². The average Bonchev–Trinajstić information content (AvgIpc) is 2.48. The van der Waals surface area contributed by atoms with Crippen molar-refractivity contribution in [2.24, 2.45) is 0 Å². The Balaban J connectivity index is 1.83. The van der Waals surface area contributed by atoms with Gasteiger partial charge in [-0.25, -0.2) is 9.78 Å². The van der Waals surface area contributed by atoms with Gasteiger partial charge in [0.1, 0.15) is 5.82 Å². The van der Waals surface area contributed by atoms with Crippen molar-refractivity contribution < 1.29 is 9.90 Å². The zero-order valence-electron chi connectivity index (χ0n) is 12.0. The van der Waals surface area contributed by atoms with Gasteiger partial charge in [-0.15, -0.1) is 0 Å². The molecule has 0 aromatic carbocycles. The summed E-state index contributed by atoms with van der Waals surface area (Å²) in [5.41, 5.74) is 0.0828. The molecule has 0 amide bonds. The summed E-state index contributed by atoms with van der Waals surface area (Å²) < 4.78 is 0. The molecule has 1 aliphatic rings. The molecule has 0 spiro atoms. The van der Waals surface area contributed by atoms with Gasteiger partial charge in [-0.3, -0.25) is 4.90 Å². The number of piperidine rings is 1. The van der Waals surface area contributed by atoms with Gasteiger partial charge < -0.3 is 10.4 Å². The summed E-state index contributed by atoms with van der Waals surface area (Å²) >= 11 is 0. The molecule has 20 heavy (non-hydrogen) atoms. The van der Waals surface area contributed by atoms with E-state index >= 15 is 0 Å². The van der Waals surface area contributed by atoms with Crippen LogP contribution in [0.25, 0.3) is 0 Å². The quantitative estimate of drug-likeness (QED) is 0.836. The molecule has 1 unspecified atom stereocenters. The van der Waals surface area contributed by atoms with Crippen LogP contribution in [-0.4, -0.2) is 46.6 Å². The van der Waals surface area contributed by atoms with Crippen LogP contribution in [0.5, 0.6) is 0 Å². The van der Waals surface area contributed by atoms with Gasteiger partial charge in [-0.1, -0.05) is 19.4 Å². The van der Waals surface area contributed by atoms with E-state index < -0.39 is 5.97 Å². The number of carbonyl (C=O) groups is 1. The number of nitrogens with zero attached hydrogens (tertiary/aromatic N) is 2. The Labute approximate surface area is 120 Å². The topological polar surface area (TPSA) is 65.5 Å². The van der Waals surface area contributed by atoms with E-state index in [9.17, 15) is 4.79 Å². The van der Waals surface area contributed by atoms with Crippen molar-refractivity contribution in [3.8, 4) is 0 Å². The minimum Gasteiger partial charge on any atom is -0.477 e. The highest BCUT2D eigenvalue weighted by molar-refractivity contribution is 5.85. The molecule has 0 bridgehead atoms. The first-order chi connectivity index (χ1) is 9.70. The van der Waals surface area contributed by atoms with Crippen molar-refractivity contribution in [2.45, 2.75) is 38.6 Å². The van der Waals surface area contributed by atoms with Crippen molar-refractivity contribution in [1.82, 2.24) is 9.88 Å². The van der Waals surface area contributed by atoms with Crippen LogP contribution >= 0.6 is 0 Å². The summed E-state index contributed by atoms with van der Waals surface area (Å²) in [6, 6.07) is 5.73. The van der Waals surface area contributed by atoms with Crippen molar-refractivity contribution in [1.29, 1.82) is 0 Å². The molecule has 0 aliphatic carbocycles. The number of aromatic nitrogens is 1. The summed E-state index contributed by atoms with van der Waals surface area (Å²) in [5.74, 6) is -0.356. The Hall–Kier alpha value is -1.62. The van der Waals surface area contributed by atoms with E-state index in [2.05, 4.69) is 22.1 Å². The van der Waals surface area contributed by atoms with E-state index in [4.69, 9.17) is 5.11 Å². The third-order valence-electron chi connectivity index (χ3n) is 3.89. The van der Waals surface area contributed by atoms with E-state index in [1.807, 2.05) is 0 Å². The molecule has 1 aromatic heterocycles. The first-order valence-electron chi connectivity index (χ1n) is 7.39. The fourth-order valence-electron chi connectivity index (χ4n) is 2.80. The van der Waals surface area contributed by atoms with E-state index in [0.29, 0.717) is 11.9 Å². The molecule has 1 aliphatic heterocycles. The Morgan fingerprint density at radius 2 is 2.35 bits per heavy atom. The highest BCUT2D eigenvalue weighted by Gasteiger charge is 2.19. The summed E-state index contributed by atoms with van der Waals surface area (Å²) in [7, 11) is 0. The number of carboxylic acids is 1. The summed E-state index contributed by atoms with van der Waals surface area (Å²) in [6.45, 7) is 5.20. The third-order valence-corrected chi connectivity index (χ3v) is 3.89. The van der Waals surface area contributed by atoms with Crippen molar-refractivity contribution in [3.05, 3.63) is 23.9 Å². The molecule has 2 N–H and O–H groups in total. The number of carboxylic acid groups (broad SMARTS) is 1. The average molecular weight is 277 g/mol. The van der Waals surface area contributed by atoms with E-state index in [1.165, 1.54) is 38.3 Å². The second-order valence-corrected chi connectivity index (χ2v) is 5.23. The number of aromatic carboxylic acids is 1. The van der Waals surface area contributed by atoms with E-state index in [-0.39, 0.29) is 5.69 Å². The largest absolute Gasteiger partial charge is 0.477 e. The third kappa shape index (κ3) is 3.93. The maximum absolute atomic E-state index is 10.9. The van der Waals surface area contributed by atoms with Gasteiger partial charge in [0.2, 0.25) is 0 Å². The molecule has 2 rings (SSSR count). The Kier molecular flexibility index (Phi) is 5.35. The summed E-state index contributed by atoms with van der Waals surface area (Å²) in [5, 5.41) is 12.1. The molecule has 0 radical (unpaired) electrons. The Bertz CT molecular complexity index is 450. The molecule has 5 heteroatoms. The standard InChI is InChI=1S/C15H23N3O2/c1-2-12-6-3-4-10-18(12)11-9-16-14-8-5-7-13(17-14)15(19)20/h5,7-8,12H,2-4,6,9-11H2,1H3,(H,16,17)(H,19,20).